The average molecular weight is 354 g/mol. The molecule has 0 saturated carbocycles. The van der Waals surface area contributed by atoms with Crippen molar-refractivity contribution in [2.45, 2.75) is 24.3 Å². The number of likely N-dealkylation sites (tertiary alicyclic amines) is 1. The largest absolute Gasteiger partial charge is 0.469 e. The maximum absolute atomic E-state index is 12.0. The van der Waals surface area contributed by atoms with Crippen LogP contribution in [0.5, 0.6) is 0 Å². The summed E-state index contributed by atoms with van der Waals surface area (Å²) < 4.78 is 27.7. The highest BCUT2D eigenvalue weighted by molar-refractivity contribution is 7.91. The normalized spacial score (nSPS) is 34.1. The second kappa shape index (κ2) is 7.14. The molecule has 2 atom stereocenters. The molecular weight excluding hydrogens is 332 g/mol. The lowest BCUT2D eigenvalue weighted by molar-refractivity contribution is -0.897. The first kappa shape index (κ1) is 17.5. The van der Waals surface area contributed by atoms with E-state index in [1.54, 1.807) is 0 Å². The number of halogens is 1. The predicted molar refractivity (Wildman–Crippen MR) is 80.5 cm³/mol. The zero-order chi connectivity index (χ0) is 16.3. The Labute approximate surface area is 135 Å². The van der Waals surface area contributed by atoms with E-state index < -0.39 is 21.3 Å². The first-order valence-corrected chi connectivity index (χ1v) is 9.62. The van der Waals surface area contributed by atoms with Gasteiger partial charge in [-0.2, -0.15) is 0 Å². The number of methoxy groups -OCH3 is 1. The number of sulfone groups is 1. The average Bonchev–Trinajstić information content (AvgIpc) is 2.71. The summed E-state index contributed by atoms with van der Waals surface area (Å²) in [5, 5.41) is 2.15. The Hall–Kier alpha value is -0.860. The summed E-state index contributed by atoms with van der Waals surface area (Å²) >= 11 is 5.97. The molecule has 0 unspecified atom stereocenters. The van der Waals surface area contributed by atoms with Crippen LogP contribution in [0.1, 0.15) is 12.8 Å². The number of ether oxygens (including phenoxy) is 1. The molecule has 0 aromatic carbocycles. The maximum Gasteiger partial charge on any atom is 0.309 e. The minimum Gasteiger partial charge on any atom is -0.469 e. The van der Waals surface area contributed by atoms with E-state index in [0.717, 1.165) is 18.0 Å². The van der Waals surface area contributed by atoms with Crippen LogP contribution in [0.2, 0.25) is 0 Å². The second-order valence-corrected chi connectivity index (χ2v) is 8.71. The molecule has 2 saturated heterocycles. The number of carbonyl (C=O) groups excluding carboxylic acids is 2. The van der Waals surface area contributed by atoms with Gasteiger partial charge in [-0.1, -0.05) is 0 Å². The number of piperidine rings is 1. The van der Waals surface area contributed by atoms with Gasteiger partial charge in [0, 0.05) is 12.8 Å². The summed E-state index contributed by atoms with van der Waals surface area (Å²) in [4.78, 5) is 24.5. The second-order valence-electron chi connectivity index (χ2n) is 5.99. The third-order valence-corrected chi connectivity index (χ3v) is 6.64. The molecule has 2 rings (SSSR count). The van der Waals surface area contributed by atoms with Gasteiger partial charge in [0.25, 0.3) is 5.91 Å². The molecule has 0 aliphatic carbocycles. The van der Waals surface area contributed by atoms with E-state index in [9.17, 15) is 18.0 Å². The van der Waals surface area contributed by atoms with Gasteiger partial charge in [-0.05, 0) is 0 Å². The topological polar surface area (TPSA) is 94.0 Å². The number of hydrogen-bond donors (Lipinski definition) is 2. The summed E-state index contributed by atoms with van der Waals surface area (Å²) in [6, 6.07) is -0.508. The van der Waals surface area contributed by atoms with Gasteiger partial charge < -0.3 is 15.0 Å². The quantitative estimate of drug-likeness (QED) is 0.449. The first-order chi connectivity index (χ1) is 10.3. The Morgan fingerprint density at radius 2 is 1.91 bits per heavy atom. The van der Waals surface area contributed by atoms with Crippen LogP contribution in [0.25, 0.3) is 0 Å². The zero-order valence-corrected chi connectivity index (χ0v) is 14.1. The smallest absolute Gasteiger partial charge is 0.309 e. The van der Waals surface area contributed by atoms with Crippen molar-refractivity contribution >= 4 is 33.3 Å². The van der Waals surface area contributed by atoms with Crippen LogP contribution < -0.4 is 10.2 Å². The van der Waals surface area contributed by atoms with Gasteiger partial charge >= 0.3 is 5.97 Å². The van der Waals surface area contributed by atoms with Gasteiger partial charge in [0.2, 0.25) is 0 Å². The molecule has 2 aliphatic rings. The van der Waals surface area contributed by atoms with Crippen LogP contribution in [0.15, 0.2) is 0 Å². The minimum atomic E-state index is -3.15. The third-order valence-electron chi connectivity index (χ3n) is 4.27. The van der Waals surface area contributed by atoms with Gasteiger partial charge in [0.05, 0.1) is 49.0 Å². The molecule has 9 heteroatoms. The number of quaternary nitrogens is 1. The number of hydrogen-bond acceptors (Lipinski definition) is 5. The summed E-state index contributed by atoms with van der Waals surface area (Å²) in [7, 11) is -1.77. The summed E-state index contributed by atoms with van der Waals surface area (Å²) in [5.74, 6) is -0.642. The van der Waals surface area contributed by atoms with Crippen molar-refractivity contribution in [3.8, 4) is 0 Å². The van der Waals surface area contributed by atoms with Crippen LogP contribution in [0, 0.1) is 5.92 Å². The Morgan fingerprint density at radius 1 is 1.27 bits per heavy atom. The lowest BCUT2D eigenvalue weighted by atomic mass is 9.97. The highest BCUT2D eigenvalue weighted by atomic mass is 35.5. The molecule has 1 amide bonds. The third kappa shape index (κ3) is 4.57. The lowest BCUT2D eigenvalue weighted by Crippen LogP contribution is -3.14. The fraction of sp³-hybridized carbons (Fsp3) is 0.846. The van der Waals surface area contributed by atoms with Crippen molar-refractivity contribution in [2.75, 3.05) is 38.2 Å². The Balaban J connectivity index is 1.76. The lowest BCUT2D eigenvalue weighted by Gasteiger charge is -2.27. The van der Waals surface area contributed by atoms with E-state index in [1.165, 1.54) is 7.11 Å². The van der Waals surface area contributed by atoms with E-state index >= 15 is 0 Å². The SMILES string of the molecule is COC(=O)C1CC[NH+](CC(=O)N[C@H]2CS(=O)(=O)C[C@H]2Cl)CC1. The molecule has 7 nitrogen and oxygen atoms in total. The van der Waals surface area contributed by atoms with Gasteiger partial charge in [-0.3, -0.25) is 9.59 Å². The van der Waals surface area contributed by atoms with E-state index in [4.69, 9.17) is 16.3 Å². The number of amides is 1. The molecule has 22 heavy (non-hydrogen) atoms. The van der Waals surface area contributed by atoms with Crippen molar-refractivity contribution in [1.82, 2.24) is 5.32 Å². The molecule has 2 N–H and O–H groups in total. The van der Waals surface area contributed by atoms with Crippen molar-refractivity contribution in [3.05, 3.63) is 0 Å². The molecule has 2 aliphatic heterocycles. The summed E-state index contributed by atoms with van der Waals surface area (Å²) in [6.07, 6.45) is 1.40. The molecule has 2 heterocycles. The number of rotatable bonds is 4. The summed E-state index contributed by atoms with van der Waals surface area (Å²) in [6.45, 7) is 1.72. The monoisotopic (exact) mass is 353 g/mol. The molecular formula is C13H22ClN2O5S+. The van der Waals surface area contributed by atoms with Crippen LogP contribution in [-0.4, -0.2) is 70.0 Å². The maximum atomic E-state index is 12.0. The highest BCUT2D eigenvalue weighted by Gasteiger charge is 2.38. The van der Waals surface area contributed by atoms with Gasteiger partial charge in [-0.15, -0.1) is 11.6 Å². The van der Waals surface area contributed by atoms with E-state index in [2.05, 4.69) is 5.32 Å². The molecule has 126 valence electrons. The molecule has 0 radical (unpaired) electrons. The van der Waals surface area contributed by atoms with E-state index in [0.29, 0.717) is 12.8 Å². The predicted octanol–water partition coefficient (Wildman–Crippen LogP) is -2.03. The van der Waals surface area contributed by atoms with Crippen molar-refractivity contribution in [2.24, 2.45) is 5.92 Å². The molecule has 0 spiro atoms. The van der Waals surface area contributed by atoms with Crippen LogP contribution in [-0.2, 0) is 24.2 Å². The Morgan fingerprint density at radius 3 is 2.41 bits per heavy atom. The standard InChI is InChI=1S/C13H21ClN2O5S/c1-21-13(18)9-2-4-16(5-3-9)6-12(17)15-11-8-22(19,20)7-10(11)14/h9-11H,2-8H2,1H3,(H,15,17)/p+1/t10-,11+/m1/s1. The van der Waals surface area contributed by atoms with Gasteiger partial charge in [0.15, 0.2) is 16.4 Å². The number of nitrogens with one attached hydrogen (secondary N) is 2. The van der Waals surface area contributed by atoms with E-state index in [1.807, 2.05) is 0 Å². The fourth-order valence-electron chi connectivity index (χ4n) is 3.03. The van der Waals surface area contributed by atoms with Crippen LogP contribution in [0.4, 0.5) is 0 Å². The van der Waals surface area contributed by atoms with Crippen molar-refractivity contribution in [1.29, 1.82) is 0 Å². The number of alkyl halides is 1. The first-order valence-electron chi connectivity index (χ1n) is 7.36. The molecule has 0 aromatic heterocycles. The van der Waals surface area contributed by atoms with Crippen LogP contribution in [0.3, 0.4) is 0 Å². The Bertz CT molecular complexity index is 531. The fourth-order valence-corrected chi connectivity index (χ4v) is 5.58. The van der Waals surface area contributed by atoms with Crippen LogP contribution >= 0.6 is 11.6 Å². The summed E-state index contributed by atoms with van der Waals surface area (Å²) in [5.41, 5.74) is 0. The minimum absolute atomic E-state index is 0.0796. The van der Waals surface area contributed by atoms with Crippen molar-refractivity contribution in [3.63, 3.8) is 0 Å². The van der Waals surface area contributed by atoms with Gasteiger partial charge in [0.1, 0.15) is 0 Å². The van der Waals surface area contributed by atoms with Crippen molar-refractivity contribution < 1.29 is 27.6 Å². The molecule has 0 bridgehead atoms. The Kier molecular flexibility index (Phi) is 5.68. The molecule has 0 aromatic rings. The highest BCUT2D eigenvalue weighted by Crippen LogP contribution is 2.17. The number of carbonyl (C=O) groups is 2. The van der Waals surface area contributed by atoms with Gasteiger partial charge in [-0.25, -0.2) is 8.42 Å². The number of esters is 1. The van der Waals surface area contributed by atoms with E-state index in [-0.39, 0.29) is 35.8 Å². The zero-order valence-electron chi connectivity index (χ0n) is 12.5. The molecule has 2 fully saturated rings.